The third-order valence-corrected chi connectivity index (χ3v) is 4.10. The summed E-state index contributed by atoms with van der Waals surface area (Å²) in [6.45, 7) is 5.45. The van der Waals surface area contributed by atoms with Crippen LogP contribution in [-0.2, 0) is 4.74 Å². The number of carboxylic acid groups (broad SMARTS) is 1. The molecular weight excluding hydrogens is 468 g/mol. The Kier molecular flexibility index (Phi) is 8.75. The number of aromatic nitrogens is 8. The van der Waals surface area contributed by atoms with Crippen LogP contribution in [0.3, 0.4) is 0 Å². The highest BCUT2D eigenvalue weighted by Crippen LogP contribution is 2.17. The minimum atomic E-state index is -1.14. The van der Waals surface area contributed by atoms with Gasteiger partial charge in [0.15, 0.2) is 23.0 Å². The van der Waals surface area contributed by atoms with Gasteiger partial charge in [0.25, 0.3) is 0 Å². The summed E-state index contributed by atoms with van der Waals surface area (Å²) < 4.78 is 4.95. The Morgan fingerprint density at radius 3 is 1.67 bits per heavy atom. The van der Waals surface area contributed by atoms with Crippen molar-refractivity contribution in [3.63, 3.8) is 0 Å². The summed E-state index contributed by atoms with van der Waals surface area (Å²) in [5.74, 6) is -1.17. The van der Waals surface area contributed by atoms with E-state index in [9.17, 15) is 9.59 Å². The van der Waals surface area contributed by atoms with Gasteiger partial charge in [-0.05, 0) is 20.8 Å². The number of hydrogen-bond acceptors (Lipinski definition) is 13. The first-order chi connectivity index (χ1) is 17.4. The molecule has 4 aromatic heterocycles. The summed E-state index contributed by atoms with van der Waals surface area (Å²) >= 11 is 0. The summed E-state index contributed by atoms with van der Waals surface area (Å²) in [5.41, 5.74) is 2.36. The number of aromatic carboxylic acids is 1. The number of aryl methyl sites for hydroxylation is 2. The van der Waals surface area contributed by atoms with E-state index < -0.39 is 11.9 Å². The lowest BCUT2D eigenvalue weighted by Crippen LogP contribution is -2.12. The second-order valence-corrected chi connectivity index (χ2v) is 6.95. The predicted molar refractivity (Wildman–Crippen MR) is 127 cm³/mol. The number of nitrogens with one attached hydrogen (secondary N) is 2. The molecule has 0 unspecified atom stereocenters. The van der Waals surface area contributed by atoms with Gasteiger partial charge in [0.1, 0.15) is 12.7 Å². The maximum absolute atomic E-state index is 11.8. The van der Waals surface area contributed by atoms with Crippen molar-refractivity contribution in [2.75, 3.05) is 17.2 Å². The summed E-state index contributed by atoms with van der Waals surface area (Å²) in [5, 5.41) is 14.7. The lowest BCUT2D eigenvalue weighted by atomic mass is 10.3. The molecule has 0 atom stereocenters. The quantitative estimate of drug-likeness (QED) is 0.320. The lowest BCUT2D eigenvalue weighted by molar-refractivity contribution is 0.0519. The van der Waals surface area contributed by atoms with Crippen molar-refractivity contribution in [1.29, 1.82) is 0 Å². The van der Waals surface area contributed by atoms with Crippen LogP contribution in [0.25, 0.3) is 0 Å². The maximum Gasteiger partial charge on any atom is 0.360 e. The van der Waals surface area contributed by atoms with Crippen LogP contribution in [0.5, 0.6) is 0 Å². The van der Waals surface area contributed by atoms with Crippen LogP contribution in [0.4, 0.5) is 23.0 Å². The standard InChI is InChI=1S/C12H13N5O2.C10H9N5O2/c1-3-19-12(18)10-11(15-4-8(2)16-10)17-9-5-13-7-14-6-9;1-6-2-13-9(8(14-6)10(16)17)15-7-3-11-5-12-4-7/h4-7H,3H2,1-2H3,(H,15,17);2-5H,1H3,(H,13,15)(H,16,17). The van der Waals surface area contributed by atoms with Crippen LogP contribution in [0, 0.1) is 13.8 Å². The Labute approximate surface area is 205 Å². The molecule has 0 saturated carbocycles. The molecule has 36 heavy (non-hydrogen) atoms. The van der Waals surface area contributed by atoms with Crippen molar-refractivity contribution >= 4 is 34.9 Å². The van der Waals surface area contributed by atoms with Crippen molar-refractivity contribution < 1.29 is 19.4 Å². The molecule has 0 amide bonds. The number of carbonyl (C=O) groups is 2. The van der Waals surface area contributed by atoms with E-state index in [2.05, 4.69) is 50.5 Å². The average molecular weight is 490 g/mol. The second kappa shape index (κ2) is 12.4. The van der Waals surface area contributed by atoms with E-state index >= 15 is 0 Å². The average Bonchev–Trinajstić information content (AvgIpc) is 2.88. The SMILES string of the molecule is CCOC(=O)c1nc(C)cnc1Nc1cncnc1.Cc1cnc(Nc2cncnc2)c(C(=O)O)n1. The van der Waals surface area contributed by atoms with Gasteiger partial charge < -0.3 is 20.5 Å². The number of hydrogen-bond donors (Lipinski definition) is 3. The van der Waals surface area contributed by atoms with Crippen molar-refractivity contribution in [3.05, 3.63) is 72.6 Å². The highest BCUT2D eigenvalue weighted by Gasteiger charge is 2.17. The van der Waals surface area contributed by atoms with Gasteiger partial charge in [-0.2, -0.15) is 0 Å². The minimum absolute atomic E-state index is 0.131. The smallest absolute Gasteiger partial charge is 0.360 e. The topological polar surface area (TPSA) is 191 Å². The van der Waals surface area contributed by atoms with Gasteiger partial charge in [0.2, 0.25) is 0 Å². The van der Waals surface area contributed by atoms with Gasteiger partial charge in [0.05, 0.1) is 66.6 Å². The van der Waals surface area contributed by atoms with E-state index in [4.69, 9.17) is 9.84 Å². The highest BCUT2D eigenvalue weighted by molar-refractivity contribution is 5.93. The van der Waals surface area contributed by atoms with Gasteiger partial charge in [-0.3, -0.25) is 0 Å². The van der Waals surface area contributed by atoms with Crippen molar-refractivity contribution in [2.45, 2.75) is 20.8 Å². The van der Waals surface area contributed by atoms with E-state index in [0.29, 0.717) is 28.6 Å². The molecule has 0 saturated heterocycles. The Balaban J connectivity index is 0.000000202. The van der Waals surface area contributed by atoms with Crippen LogP contribution >= 0.6 is 0 Å². The molecule has 0 aliphatic heterocycles. The largest absolute Gasteiger partial charge is 0.476 e. The van der Waals surface area contributed by atoms with Gasteiger partial charge in [0, 0.05) is 0 Å². The monoisotopic (exact) mass is 490 g/mol. The first kappa shape index (κ1) is 25.5. The molecule has 0 fully saturated rings. The summed E-state index contributed by atoms with van der Waals surface area (Å²) in [4.78, 5) is 54.3. The highest BCUT2D eigenvalue weighted by atomic mass is 16.5. The molecule has 14 heteroatoms. The summed E-state index contributed by atoms with van der Waals surface area (Å²) in [6, 6.07) is 0. The molecule has 0 radical (unpaired) electrons. The van der Waals surface area contributed by atoms with Gasteiger partial charge in [-0.25, -0.2) is 49.5 Å². The third-order valence-electron chi connectivity index (χ3n) is 4.10. The number of carbonyl (C=O) groups excluding carboxylic acids is 1. The van der Waals surface area contributed by atoms with Crippen molar-refractivity contribution in [2.24, 2.45) is 0 Å². The second-order valence-electron chi connectivity index (χ2n) is 6.95. The Morgan fingerprint density at radius 2 is 1.22 bits per heavy atom. The van der Waals surface area contributed by atoms with Gasteiger partial charge >= 0.3 is 11.9 Å². The molecule has 4 heterocycles. The lowest BCUT2D eigenvalue weighted by Gasteiger charge is -2.09. The molecule has 14 nitrogen and oxygen atoms in total. The van der Waals surface area contributed by atoms with Crippen LogP contribution in [0.2, 0.25) is 0 Å². The molecule has 4 aromatic rings. The van der Waals surface area contributed by atoms with Gasteiger partial charge in [-0.15, -0.1) is 0 Å². The molecule has 3 N–H and O–H groups in total. The predicted octanol–water partition coefficient (Wildman–Crippen LogP) is 2.51. The number of carboxylic acids is 1. The van der Waals surface area contributed by atoms with E-state index in [-0.39, 0.29) is 23.8 Å². The zero-order valence-corrected chi connectivity index (χ0v) is 19.6. The third kappa shape index (κ3) is 7.18. The Bertz CT molecular complexity index is 1320. The van der Waals surface area contributed by atoms with E-state index in [1.807, 2.05) is 0 Å². The number of rotatable bonds is 7. The molecule has 0 aliphatic rings. The number of ether oxygens (including phenoxy) is 1. The zero-order chi connectivity index (χ0) is 25.9. The molecule has 0 aromatic carbocycles. The molecule has 0 spiro atoms. The first-order valence-electron chi connectivity index (χ1n) is 10.5. The van der Waals surface area contributed by atoms with Crippen LogP contribution in [-0.4, -0.2) is 63.5 Å². The molecular formula is C22H22N10O4. The fourth-order valence-corrected chi connectivity index (χ4v) is 2.63. The van der Waals surface area contributed by atoms with Crippen LogP contribution < -0.4 is 10.6 Å². The van der Waals surface area contributed by atoms with Gasteiger partial charge in [-0.1, -0.05) is 0 Å². The maximum atomic E-state index is 11.8. The summed E-state index contributed by atoms with van der Waals surface area (Å²) in [7, 11) is 0. The summed E-state index contributed by atoms with van der Waals surface area (Å²) in [6.07, 6.45) is 12.0. The van der Waals surface area contributed by atoms with Crippen LogP contribution in [0.15, 0.2) is 49.8 Å². The fraction of sp³-hybridized carbons (Fsp3) is 0.182. The first-order valence-corrected chi connectivity index (χ1v) is 10.5. The van der Waals surface area contributed by atoms with Crippen molar-refractivity contribution in [3.8, 4) is 0 Å². The molecule has 184 valence electrons. The number of nitrogens with zero attached hydrogens (tertiary/aromatic N) is 8. The molecule has 0 bridgehead atoms. The number of anilines is 4. The van der Waals surface area contributed by atoms with E-state index in [0.717, 1.165) is 0 Å². The fourth-order valence-electron chi connectivity index (χ4n) is 2.63. The van der Waals surface area contributed by atoms with Crippen molar-refractivity contribution in [1.82, 2.24) is 39.9 Å². The number of esters is 1. The molecule has 4 rings (SSSR count). The Morgan fingerprint density at radius 1 is 0.778 bits per heavy atom. The Hall–Kier alpha value is -5.14. The zero-order valence-electron chi connectivity index (χ0n) is 19.6. The van der Waals surface area contributed by atoms with E-state index in [1.165, 1.54) is 31.2 Å². The van der Waals surface area contributed by atoms with Crippen LogP contribution in [0.1, 0.15) is 39.3 Å². The van der Waals surface area contributed by atoms with E-state index in [1.54, 1.807) is 39.4 Å². The normalized spacial score (nSPS) is 9.97. The molecule has 0 aliphatic carbocycles. The minimum Gasteiger partial charge on any atom is -0.476 e.